The molecule has 2 rings (SSSR count). The zero-order valence-electron chi connectivity index (χ0n) is 11.3. The molecule has 20 heavy (non-hydrogen) atoms. The molecule has 0 aliphatic carbocycles. The monoisotopic (exact) mass is 283 g/mol. The molecular formula is C14H16F3N3. The molecule has 2 aromatic rings. The van der Waals surface area contributed by atoms with Crippen molar-refractivity contribution in [2.24, 2.45) is 0 Å². The Labute approximate surface area is 115 Å². The maximum Gasteiger partial charge on any atom is 0.416 e. The third-order valence-corrected chi connectivity index (χ3v) is 3.22. The summed E-state index contributed by atoms with van der Waals surface area (Å²) in [5.41, 5.74) is 1.80. The Hall–Kier alpha value is -1.82. The van der Waals surface area contributed by atoms with Gasteiger partial charge >= 0.3 is 6.18 Å². The highest BCUT2D eigenvalue weighted by atomic mass is 19.4. The van der Waals surface area contributed by atoms with Crippen molar-refractivity contribution in [3.8, 4) is 0 Å². The molecule has 0 radical (unpaired) electrons. The Kier molecular flexibility index (Phi) is 4.13. The summed E-state index contributed by atoms with van der Waals surface area (Å²) in [6.45, 7) is 4.24. The standard InChI is InChI=1S/C14H16F3N3/c1-9(18-7-13-10(2)19-8-20-13)11-4-3-5-12(6-11)14(15,16)17/h3-6,8-9,18H,7H2,1-2H3,(H,19,20). The number of aromatic nitrogens is 2. The summed E-state index contributed by atoms with van der Waals surface area (Å²) in [6.07, 6.45) is -2.71. The van der Waals surface area contributed by atoms with Gasteiger partial charge in [0.1, 0.15) is 0 Å². The average molecular weight is 283 g/mol. The van der Waals surface area contributed by atoms with Gasteiger partial charge in [0.15, 0.2) is 0 Å². The number of halogens is 3. The number of hydrogen-bond donors (Lipinski definition) is 2. The second-order valence-electron chi connectivity index (χ2n) is 4.70. The largest absolute Gasteiger partial charge is 0.416 e. The summed E-state index contributed by atoms with van der Waals surface area (Å²) in [6, 6.07) is 5.18. The molecule has 0 fully saturated rings. The number of hydrogen-bond acceptors (Lipinski definition) is 2. The van der Waals surface area contributed by atoms with Crippen molar-refractivity contribution in [2.75, 3.05) is 0 Å². The minimum Gasteiger partial charge on any atom is -0.348 e. The highest BCUT2D eigenvalue weighted by Gasteiger charge is 2.30. The third-order valence-electron chi connectivity index (χ3n) is 3.22. The lowest BCUT2D eigenvalue weighted by Crippen LogP contribution is -2.19. The van der Waals surface area contributed by atoms with Gasteiger partial charge in [-0.25, -0.2) is 4.98 Å². The number of nitrogens with zero attached hydrogens (tertiary/aromatic N) is 1. The van der Waals surface area contributed by atoms with Gasteiger partial charge in [0, 0.05) is 18.3 Å². The first-order chi connectivity index (χ1) is 9.38. The Balaban J connectivity index is 2.06. The first-order valence-corrected chi connectivity index (χ1v) is 6.27. The van der Waals surface area contributed by atoms with E-state index in [-0.39, 0.29) is 6.04 Å². The molecule has 0 spiro atoms. The van der Waals surface area contributed by atoms with Crippen LogP contribution in [0.25, 0.3) is 0 Å². The fourth-order valence-electron chi connectivity index (χ4n) is 1.92. The van der Waals surface area contributed by atoms with Crippen LogP contribution < -0.4 is 5.32 Å². The van der Waals surface area contributed by atoms with Crippen LogP contribution in [0.15, 0.2) is 30.6 Å². The summed E-state index contributed by atoms with van der Waals surface area (Å²) in [4.78, 5) is 7.10. The maximum atomic E-state index is 12.7. The van der Waals surface area contributed by atoms with Crippen molar-refractivity contribution in [1.29, 1.82) is 0 Å². The SMILES string of the molecule is Cc1[nH]cnc1CNC(C)c1cccc(C(F)(F)F)c1. The van der Waals surface area contributed by atoms with E-state index < -0.39 is 11.7 Å². The van der Waals surface area contributed by atoms with Crippen LogP contribution in [0.4, 0.5) is 13.2 Å². The molecular weight excluding hydrogens is 267 g/mol. The third kappa shape index (κ3) is 3.39. The molecule has 0 amide bonds. The van der Waals surface area contributed by atoms with Crippen LogP contribution in [0.5, 0.6) is 0 Å². The molecule has 2 N–H and O–H groups in total. The molecule has 3 nitrogen and oxygen atoms in total. The summed E-state index contributed by atoms with van der Waals surface area (Å²) in [5.74, 6) is 0. The number of aromatic amines is 1. The Morgan fingerprint density at radius 3 is 2.70 bits per heavy atom. The molecule has 0 aliphatic rings. The topological polar surface area (TPSA) is 40.7 Å². The van der Waals surface area contributed by atoms with Crippen LogP contribution in [0, 0.1) is 6.92 Å². The van der Waals surface area contributed by atoms with E-state index in [1.54, 1.807) is 12.4 Å². The predicted octanol–water partition coefficient (Wildman–Crippen LogP) is 3.59. The number of rotatable bonds is 4. The zero-order chi connectivity index (χ0) is 14.8. The van der Waals surface area contributed by atoms with E-state index in [4.69, 9.17) is 0 Å². The minimum absolute atomic E-state index is 0.187. The van der Waals surface area contributed by atoms with Gasteiger partial charge in [0.25, 0.3) is 0 Å². The number of nitrogens with one attached hydrogen (secondary N) is 2. The Bertz CT molecular complexity index is 575. The molecule has 1 atom stereocenters. The normalized spacial score (nSPS) is 13.4. The molecule has 0 aliphatic heterocycles. The number of H-pyrrole nitrogens is 1. The van der Waals surface area contributed by atoms with Gasteiger partial charge in [-0.3, -0.25) is 0 Å². The summed E-state index contributed by atoms with van der Waals surface area (Å²) in [7, 11) is 0. The number of alkyl halides is 3. The van der Waals surface area contributed by atoms with Crippen molar-refractivity contribution in [3.05, 3.63) is 53.1 Å². The van der Waals surface area contributed by atoms with Gasteiger partial charge in [0.2, 0.25) is 0 Å². The van der Waals surface area contributed by atoms with Crippen LogP contribution in [-0.2, 0) is 12.7 Å². The summed E-state index contributed by atoms with van der Waals surface area (Å²) >= 11 is 0. The number of imidazole rings is 1. The van der Waals surface area contributed by atoms with E-state index in [2.05, 4.69) is 15.3 Å². The van der Waals surface area contributed by atoms with Gasteiger partial charge in [-0.1, -0.05) is 12.1 Å². The first-order valence-electron chi connectivity index (χ1n) is 6.27. The van der Waals surface area contributed by atoms with E-state index in [9.17, 15) is 13.2 Å². The van der Waals surface area contributed by atoms with Crippen LogP contribution in [0.1, 0.15) is 35.5 Å². The quantitative estimate of drug-likeness (QED) is 0.900. The predicted molar refractivity (Wildman–Crippen MR) is 70.0 cm³/mol. The van der Waals surface area contributed by atoms with E-state index >= 15 is 0 Å². The number of benzene rings is 1. The van der Waals surface area contributed by atoms with Crippen molar-refractivity contribution >= 4 is 0 Å². The smallest absolute Gasteiger partial charge is 0.348 e. The van der Waals surface area contributed by atoms with Crippen molar-refractivity contribution in [2.45, 2.75) is 32.6 Å². The molecule has 0 saturated carbocycles. The molecule has 1 heterocycles. The van der Waals surface area contributed by atoms with E-state index in [1.807, 2.05) is 13.8 Å². The van der Waals surface area contributed by atoms with Gasteiger partial charge in [-0.05, 0) is 31.5 Å². The molecule has 0 saturated heterocycles. The zero-order valence-corrected chi connectivity index (χ0v) is 11.3. The second-order valence-corrected chi connectivity index (χ2v) is 4.70. The fourth-order valence-corrected chi connectivity index (χ4v) is 1.92. The van der Waals surface area contributed by atoms with Crippen molar-refractivity contribution in [1.82, 2.24) is 15.3 Å². The lowest BCUT2D eigenvalue weighted by Gasteiger charge is -2.15. The van der Waals surface area contributed by atoms with Crippen LogP contribution in [0.2, 0.25) is 0 Å². The average Bonchev–Trinajstić information content (AvgIpc) is 2.81. The van der Waals surface area contributed by atoms with Crippen LogP contribution in [-0.4, -0.2) is 9.97 Å². The lowest BCUT2D eigenvalue weighted by atomic mass is 10.0. The van der Waals surface area contributed by atoms with Crippen LogP contribution in [0.3, 0.4) is 0 Å². The van der Waals surface area contributed by atoms with Crippen LogP contribution >= 0.6 is 0 Å². The van der Waals surface area contributed by atoms with E-state index in [0.29, 0.717) is 12.1 Å². The fraction of sp³-hybridized carbons (Fsp3) is 0.357. The second kappa shape index (κ2) is 5.66. The van der Waals surface area contributed by atoms with Gasteiger partial charge < -0.3 is 10.3 Å². The van der Waals surface area contributed by atoms with Crippen molar-refractivity contribution < 1.29 is 13.2 Å². The molecule has 6 heteroatoms. The van der Waals surface area contributed by atoms with E-state index in [1.165, 1.54) is 12.1 Å². The van der Waals surface area contributed by atoms with Gasteiger partial charge in [-0.2, -0.15) is 13.2 Å². The molecule has 1 aromatic carbocycles. The minimum atomic E-state index is -4.31. The van der Waals surface area contributed by atoms with Crippen molar-refractivity contribution in [3.63, 3.8) is 0 Å². The highest BCUT2D eigenvalue weighted by Crippen LogP contribution is 2.30. The summed E-state index contributed by atoms with van der Waals surface area (Å²) in [5, 5.41) is 3.17. The molecule has 0 bridgehead atoms. The molecule has 108 valence electrons. The lowest BCUT2D eigenvalue weighted by molar-refractivity contribution is -0.137. The molecule has 1 aromatic heterocycles. The highest BCUT2D eigenvalue weighted by molar-refractivity contribution is 5.27. The van der Waals surface area contributed by atoms with Gasteiger partial charge in [0.05, 0.1) is 17.6 Å². The number of aryl methyl sites for hydroxylation is 1. The Morgan fingerprint density at radius 1 is 1.35 bits per heavy atom. The first kappa shape index (κ1) is 14.6. The van der Waals surface area contributed by atoms with Gasteiger partial charge in [-0.15, -0.1) is 0 Å². The summed E-state index contributed by atoms with van der Waals surface area (Å²) < 4.78 is 38.0. The maximum absolute atomic E-state index is 12.7. The Morgan fingerprint density at radius 2 is 2.10 bits per heavy atom. The molecule has 1 unspecified atom stereocenters. The van der Waals surface area contributed by atoms with E-state index in [0.717, 1.165) is 17.5 Å².